The van der Waals surface area contributed by atoms with Crippen molar-refractivity contribution in [2.45, 2.75) is 32.6 Å². The molecule has 0 aromatic rings. The lowest BCUT2D eigenvalue weighted by Gasteiger charge is -2.28. The highest BCUT2D eigenvalue weighted by Crippen LogP contribution is 2.21. The number of esters is 1. The van der Waals surface area contributed by atoms with Crippen molar-refractivity contribution < 1.29 is 24.1 Å². The maximum Gasteiger partial charge on any atom is 0.305 e. The van der Waals surface area contributed by atoms with Crippen molar-refractivity contribution in [3.8, 4) is 0 Å². The van der Waals surface area contributed by atoms with Gasteiger partial charge in [-0.1, -0.05) is 6.92 Å². The van der Waals surface area contributed by atoms with Gasteiger partial charge in [0.05, 0.1) is 6.61 Å². The van der Waals surface area contributed by atoms with Gasteiger partial charge in [0.25, 0.3) is 0 Å². The Kier molecular flexibility index (Phi) is 8.79. The third-order valence-electron chi connectivity index (χ3n) is 3.42. The van der Waals surface area contributed by atoms with E-state index in [1.165, 1.54) is 0 Å². The number of aliphatic hydroxyl groups excluding tert-OH is 1. The summed E-state index contributed by atoms with van der Waals surface area (Å²) >= 11 is 0. The lowest BCUT2D eigenvalue weighted by Crippen LogP contribution is -2.28. The first-order chi connectivity index (χ1) is 9.24. The number of carbonyl (C=O) groups excluding carboxylic acids is 1. The van der Waals surface area contributed by atoms with E-state index in [1.54, 1.807) is 0 Å². The number of aliphatic hydroxyl groups is 1. The molecule has 1 fully saturated rings. The molecule has 112 valence electrons. The molecular weight excluding hydrogens is 248 g/mol. The minimum Gasteiger partial charge on any atom is -0.463 e. The molecule has 1 heterocycles. The van der Waals surface area contributed by atoms with Gasteiger partial charge in [0, 0.05) is 32.8 Å². The largest absolute Gasteiger partial charge is 0.463 e. The molecule has 1 aliphatic rings. The predicted molar refractivity (Wildman–Crippen MR) is 70.8 cm³/mol. The zero-order chi connectivity index (χ0) is 13.9. The van der Waals surface area contributed by atoms with Crippen LogP contribution in [0.2, 0.25) is 0 Å². The highest BCUT2D eigenvalue weighted by Gasteiger charge is 2.21. The Hall–Kier alpha value is -0.650. The maximum atomic E-state index is 11.1. The molecule has 0 radical (unpaired) electrons. The Balaban J connectivity index is 1.92. The van der Waals surface area contributed by atoms with Gasteiger partial charge in [-0.05, 0) is 31.1 Å². The molecule has 1 rings (SSSR count). The minimum atomic E-state index is -0.243. The highest BCUT2D eigenvalue weighted by molar-refractivity contribution is 5.69. The summed E-state index contributed by atoms with van der Waals surface area (Å²) in [4.78, 5) is 11.1. The third kappa shape index (κ3) is 7.50. The second-order valence-corrected chi connectivity index (χ2v) is 5.08. The molecule has 0 aliphatic carbocycles. The summed E-state index contributed by atoms with van der Waals surface area (Å²) in [7, 11) is 0. The van der Waals surface area contributed by atoms with E-state index in [9.17, 15) is 4.79 Å². The van der Waals surface area contributed by atoms with Crippen molar-refractivity contribution in [1.82, 2.24) is 0 Å². The van der Waals surface area contributed by atoms with Crippen LogP contribution in [0, 0.1) is 11.8 Å². The van der Waals surface area contributed by atoms with Gasteiger partial charge in [-0.2, -0.15) is 0 Å². The molecule has 19 heavy (non-hydrogen) atoms. The molecule has 0 aromatic heterocycles. The van der Waals surface area contributed by atoms with Gasteiger partial charge in [0.2, 0.25) is 0 Å². The zero-order valence-corrected chi connectivity index (χ0v) is 11.8. The first-order valence-electron chi connectivity index (χ1n) is 7.16. The van der Waals surface area contributed by atoms with Gasteiger partial charge in [-0.3, -0.25) is 4.79 Å². The number of carbonyl (C=O) groups is 1. The maximum absolute atomic E-state index is 11.1. The molecule has 1 aliphatic heterocycles. The van der Waals surface area contributed by atoms with E-state index in [1.807, 2.05) is 0 Å². The van der Waals surface area contributed by atoms with Crippen molar-refractivity contribution in [3.63, 3.8) is 0 Å². The second-order valence-electron chi connectivity index (χ2n) is 5.08. The monoisotopic (exact) mass is 274 g/mol. The van der Waals surface area contributed by atoms with Crippen LogP contribution in [0.1, 0.15) is 32.6 Å². The molecule has 0 spiro atoms. The van der Waals surface area contributed by atoms with Gasteiger partial charge < -0.3 is 19.3 Å². The number of rotatable bonds is 9. The Morgan fingerprint density at radius 1 is 1.37 bits per heavy atom. The summed E-state index contributed by atoms with van der Waals surface area (Å²) in [6, 6.07) is 0. The van der Waals surface area contributed by atoms with Crippen LogP contribution < -0.4 is 0 Å². The second kappa shape index (κ2) is 10.2. The lowest BCUT2D eigenvalue weighted by molar-refractivity contribution is -0.144. The van der Waals surface area contributed by atoms with Crippen LogP contribution in [0.4, 0.5) is 0 Å². The predicted octanol–water partition coefficient (Wildman–Crippen LogP) is 1.38. The van der Waals surface area contributed by atoms with Crippen molar-refractivity contribution in [1.29, 1.82) is 0 Å². The van der Waals surface area contributed by atoms with Crippen molar-refractivity contribution >= 4 is 5.97 Å². The Labute approximate surface area is 115 Å². The molecule has 1 N–H and O–H groups in total. The molecule has 5 heteroatoms. The summed E-state index contributed by atoms with van der Waals surface area (Å²) < 4.78 is 15.8. The van der Waals surface area contributed by atoms with E-state index in [4.69, 9.17) is 19.3 Å². The third-order valence-corrected chi connectivity index (χ3v) is 3.42. The van der Waals surface area contributed by atoms with E-state index >= 15 is 0 Å². The van der Waals surface area contributed by atoms with E-state index < -0.39 is 0 Å². The summed E-state index contributed by atoms with van der Waals surface area (Å²) in [5.41, 5.74) is 0. The van der Waals surface area contributed by atoms with Crippen LogP contribution in [0.5, 0.6) is 0 Å². The van der Waals surface area contributed by atoms with E-state index in [0.717, 1.165) is 39.1 Å². The fraction of sp³-hybridized carbons (Fsp3) is 0.929. The lowest BCUT2D eigenvalue weighted by atomic mass is 9.91. The quantitative estimate of drug-likeness (QED) is 0.508. The number of hydrogen-bond acceptors (Lipinski definition) is 5. The van der Waals surface area contributed by atoms with Crippen LogP contribution in [0.3, 0.4) is 0 Å². The fourth-order valence-electron chi connectivity index (χ4n) is 2.11. The molecule has 1 unspecified atom stereocenters. The van der Waals surface area contributed by atoms with Crippen molar-refractivity contribution in [2.24, 2.45) is 11.8 Å². The summed E-state index contributed by atoms with van der Waals surface area (Å²) in [5.74, 6) is 0.928. The van der Waals surface area contributed by atoms with Crippen molar-refractivity contribution in [3.05, 3.63) is 0 Å². The van der Waals surface area contributed by atoms with Crippen LogP contribution in [-0.4, -0.2) is 50.7 Å². The van der Waals surface area contributed by atoms with Crippen LogP contribution >= 0.6 is 0 Å². The van der Waals surface area contributed by atoms with Gasteiger partial charge in [0.1, 0.15) is 6.61 Å². The minimum absolute atomic E-state index is 0.0942. The van der Waals surface area contributed by atoms with Gasteiger partial charge in [-0.15, -0.1) is 0 Å². The SMILES string of the molecule is CC1COCC[C@@H]1COCCCCC(=O)OCCO. The normalized spacial score (nSPS) is 23.3. The Morgan fingerprint density at radius 3 is 2.95 bits per heavy atom. The molecule has 0 aromatic carbocycles. The highest BCUT2D eigenvalue weighted by atomic mass is 16.5. The number of ether oxygens (including phenoxy) is 3. The first kappa shape index (κ1) is 16.4. The van der Waals surface area contributed by atoms with E-state index in [-0.39, 0.29) is 19.2 Å². The van der Waals surface area contributed by atoms with Gasteiger partial charge >= 0.3 is 5.97 Å². The number of hydrogen-bond donors (Lipinski definition) is 1. The van der Waals surface area contributed by atoms with E-state index in [0.29, 0.717) is 24.9 Å². The average molecular weight is 274 g/mol. The molecule has 2 atom stereocenters. The van der Waals surface area contributed by atoms with Crippen LogP contribution in [0.15, 0.2) is 0 Å². The summed E-state index contributed by atoms with van der Waals surface area (Å²) in [6.45, 7) is 5.34. The Bertz CT molecular complexity index is 244. The topological polar surface area (TPSA) is 65.0 Å². The molecule has 0 bridgehead atoms. The smallest absolute Gasteiger partial charge is 0.305 e. The standard InChI is InChI=1S/C14H26O5/c1-12-10-18-8-5-13(12)11-17-7-3-2-4-14(16)19-9-6-15/h12-13,15H,2-11H2,1H3/t12?,13-/m1/s1. The summed E-state index contributed by atoms with van der Waals surface area (Å²) in [6.07, 6.45) is 3.12. The zero-order valence-electron chi connectivity index (χ0n) is 11.8. The molecule has 1 saturated heterocycles. The van der Waals surface area contributed by atoms with E-state index in [2.05, 4.69) is 6.92 Å². The number of unbranched alkanes of at least 4 members (excludes halogenated alkanes) is 1. The van der Waals surface area contributed by atoms with Crippen LogP contribution in [-0.2, 0) is 19.0 Å². The van der Waals surface area contributed by atoms with Crippen molar-refractivity contribution in [2.75, 3.05) is 39.6 Å². The van der Waals surface area contributed by atoms with Crippen LogP contribution in [0.25, 0.3) is 0 Å². The Morgan fingerprint density at radius 2 is 2.21 bits per heavy atom. The molecule has 5 nitrogen and oxygen atoms in total. The fourth-order valence-corrected chi connectivity index (χ4v) is 2.11. The summed E-state index contributed by atoms with van der Waals surface area (Å²) in [5, 5.41) is 8.50. The average Bonchev–Trinajstić information content (AvgIpc) is 2.42. The van der Waals surface area contributed by atoms with Gasteiger partial charge in [0.15, 0.2) is 0 Å². The first-order valence-corrected chi connectivity index (χ1v) is 7.16. The molecule has 0 saturated carbocycles. The molecule has 0 amide bonds. The molecular formula is C14H26O5. The van der Waals surface area contributed by atoms with Gasteiger partial charge in [-0.25, -0.2) is 0 Å².